The Labute approximate surface area is 179 Å². The summed E-state index contributed by atoms with van der Waals surface area (Å²) in [6.07, 6.45) is 0.160. The minimum absolute atomic E-state index is 0.00541. The molecular weight excluding hydrogens is 399 g/mol. The van der Waals surface area contributed by atoms with Gasteiger partial charge in [0.05, 0.1) is 50.8 Å². The fraction of sp³-hybridized carbons (Fsp3) is 0.348. The summed E-state index contributed by atoms with van der Waals surface area (Å²) in [4.78, 5) is 28.3. The standard InChI is InChI=1S/C23H25FN4O3/c1-26-23(30)18-6-4-3-5-17(18)20(25-26)14-22(29)28-11-9-27(10-12-28)15-16-7-8-21(31-2)19(24)13-16/h3-8,13H,9-12,14-15H2,1-2H3/p+1. The maximum atomic E-state index is 13.9. The Balaban J connectivity index is 1.39. The van der Waals surface area contributed by atoms with Gasteiger partial charge in [-0.3, -0.25) is 9.59 Å². The SMILES string of the molecule is COc1ccc(C[NH+]2CCN(C(=O)Cc3nn(C)c(=O)c4ccccc34)CC2)cc1F. The molecule has 0 radical (unpaired) electrons. The third kappa shape index (κ3) is 4.44. The van der Waals surface area contributed by atoms with Crippen molar-refractivity contribution in [3.63, 3.8) is 0 Å². The Kier molecular flexibility index (Phi) is 5.99. The topological polar surface area (TPSA) is 68.9 Å². The number of ether oxygens (including phenoxy) is 1. The fourth-order valence-corrected chi connectivity index (χ4v) is 4.12. The molecular formula is C23H26FN4O3+. The molecule has 0 aliphatic carbocycles. The molecule has 0 atom stereocenters. The zero-order valence-corrected chi connectivity index (χ0v) is 17.7. The van der Waals surface area contributed by atoms with Gasteiger partial charge in [-0.15, -0.1) is 0 Å². The van der Waals surface area contributed by atoms with Crippen LogP contribution in [0.15, 0.2) is 47.3 Å². The van der Waals surface area contributed by atoms with E-state index in [1.807, 2.05) is 29.2 Å². The molecule has 1 fully saturated rings. The first kappa shape index (κ1) is 21.0. The number of rotatable bonds is 5. The second kappa shape index (κ2) is 8.85. The molecule has 1 saturated heterocycles. The van der Waals surface area contributed by atoms with Crippen molar-refractivity contribution in [1.29, 1.82) is 0 Å². The number of nitrogens with one attached hydrogen (secondary N) is 1. The van der Waals surface area contributed by atoms with Gasteiger partial charge >= 0.3 is 0 Å². The van der Waals surface area contributed by atoms with Gasteiger partial charge in [0.25, 0.3) is 5.56 Å². The van der Waals surface area contributed by atoms with Crippen LogP contribution in [-0.2, 0) is 24.8 Å². The van der Waals surface area contributed by atoms with Gasteiger partial charge < -0.3 is 14.5 Å². The highest BCUT2D eigenvalue weighted by molar-refractivity contribution is 5.88. The summed E-state index contributed by atoms with van der Waals surface area (Å²) in [5.74, 6) is -0.107. The third-order valence-electron chi connectivity index (χ3n) is 5.85. The van der Waals surface area contributed by atoms with Crippen LogP contribution in [0.25, 0.3) is 10.8 Å². The number of carbonyl (C=O) groups excluding carboxylic acids is 1. The molecule has 7 nitrogen and oxygen atoms in total. The molecule has 162 valence electrons. The molecule has 1 aromatic heterocycles. The van der Waals surface area contributed by atoms with Gasteiger partial charge in [0.1, 0.15) is 6.54 Å². The Morgan fingerprint density at radius 2 is 1.87 bits per heavy atom. The number of carbonyl (C=O) groups is 1. The second-order valence-electron chi connectivity index (χ2n) is 7.87. The van der Waals surface area contributed by atoms with E-state index < -0.39 is 0 Å². The van der Waals surface area contributed by atoms with Crippen molar-refractivity contribution in [1.82, 2.24) is 14.7 Å². The van der Waals surface area contributed by atoms with Crippen LogP contribution in [0.2, 0.25) is 0 Å². The van der Waals surface area contributed by atoms with Crippen molar-refractivity contribution in [3.8, 4) is 5.75 Å². The predicted molar refractivity (Wildman–Crippen MR) is 115 cm³/mol. The highest BCUT2D eigenvalue weighted by atomic mass is 19.1. The maximum absolute atomic E-state index is 13.9. The zero-order valence-electron chi connectivity index (χ0n) is 17.7. The number of halogens is 1. The lowest BCUT2D eigenvalue weighted by Gasteiger charge is -2.32. The van der Waals surface area contributed by atoms with Crippen molar-refractivity contribution < 1.29 is 18.8 Å². The highest BCUT2D eigenvalue weighted by Crippen LogP contribution is 2.17. The Morgan fingerprint density at radius 3 is 2.55 bits per heavy atom. The van der Waals surface area contributed by atoms with Gasteiger partial charge in [-0.25, -0.2) is 9.07 Å². The average Bonchev–Trinajstić information content (AvgIpc) is 2.78. The molecule has 0 spiro atoms. The molecule has 1 N–H and O–H groups in total. The lowest BCUT2D eigenvalue weighted by atomic mass is 10.1. The molecule has 31 heavy (non-hydrogen) atoms. The molecule has 4 rings (SSSR count). The molecule has 1 aliphatic rings. The maximum Gasteiger partial charge on any atom is 0.274 e. The molecule has 3 aromatic rings. The van der Waals surface area contributed by atoms with E-state index in [9.17, 15) is 14.0 Å². The number of hydrogen-bond acceptors (Lipinski definition) is 4. The Morgan fingerprint density at radius 1 is 1.16 bits per heavy atom. The van der Waals surface area contributed by atoms with Crippen molar-refractivity contribution in [2.24, 2.45) is 7.05 Å². The zero-order chi connectivity index (χ0) is 22.0. The quantitative estimate of drug-likeness (QED) is 0.648. The van der Waals surface area contributed by atoms with Crippen LogP contribution in [0, 0.1) is 5.82 Å². The van der Waals surface area contributed by atoms with Crippen LogP contribution >= 0.6 is 0 Å². The Hall–Kier alpha value is -3.26. The summed E-state index contributed by atoms with van der Waals surface area (Å²) < 4.78 is 20.2. The van der Waals surface area contributed by atoms with Gasteiger partial charge in [0, 0.05) is 18.0 Å². The number of piperazine rings is 1. The second-order valence-corrected chi connectivity index (χ2v) is 7.87. The molecule has 8 heteroatoms. The molecule has 2 aromatic carbocycles. The van der Waals surface area contributed by atoms with E-state index in [-0.39, 0.29) is 29.5 Å². The van der Waals surface area contributed by atoms with Crippen molar-refractivity contribution in [3.05, 3.63) is 69.9 Å². The fourth-order valence-electron chi connectivity index (χ4n) is 4.12. The normalized spacial score (nSPS) is 14.7. The lowest BCUT2D eigenvalue weighted by Crippen LogP contribution is -3.13. The van der Waals surface area contributed by atoms with E-state index in [0.29, 0.717) is 30.7 Å². The average molecular weight is 425 g/mol. The molecule has 1 amide bonds. The van der Waals surface area contributed by atoms with Crippen LogP contribution in [0.5, 0.6) is 5.75 Å². The van der Waals surface area contributed by atoms with E-state index >= 15 is 0 Å². The molecule has 0 unspecified atom stereocenters. The number of methoxy groups -OCH3 is 1. The van der Waals surface area contributed by atoms with Crippen LogP contribution in [0.4, 0.5) is 4.39 Å². The van der Waals surface area contributed by atoms with Crippen molar-refractivity contribution >= 4 is 16.7 Å². The summed E-state index contributed by atoms with van der Waals surface area (Å²) in [5, 5.41) is 5.63. The molecule has 1 aliphatic heterocycles. The smallest absolute Gasteiger partial charge is 0.274 e. The molecule has 2 heterocycles. The van der Waals surface area contributed by atoms with E-state index in [0.717, 1.165) is 24.0 Å². The summed E-state index contributed by atoms with van der Waals surface area (Å²) in [7, 11) is 3.06. The monoisotopic (exact) mass is 425 g/mol. The number of hydrogen-bond donors (Lipinski definition) is 1. The summed E-state index contributed by atoms with van der Waals surface area (Å²) in [6.45, 7) is 3.56. The Bertz CT molecular complexity index is 1170. The van der Waals surface area contributed by atoms with Gasteiger partial charge in [0.15, 0.2) is 11.6 Å². The number of quaternary nitrogens is 1. The number of nitrogens with zero attached hydrogens (tertiary/aromatic N) is 3. The highest BCUT2D eigenvalue weighted by Gasteiger charge is 2.25. The number of amides is 1. The van der Waals surface area contributed by atoms with Gasteiger partial charge in [-0.2, -0.15) is 5.10 Å². The number of aryl methyl sites for hydroxylation is 1. The third-order valence-corrected chi connectivity index (χ3v) is 5.85. The van der Waals surface area contributed by atoms with Crippen LogP contribution in [0.3, 0.4) is 0 Å². The van der Waals surface area contributed by atoms with Crippen LogP contribution < -0.4 is 15.2 Å². The first-order valence-corrected chi connectivity index (χ1v) is 10.3. The van der Waals surface area contributed by atoms with Crippen LogP contribution in [-0.4, -0.2) is 53.9 Å². The van der Waals surface area contributed by atoms with Crippen molar-refractivity contribution in [2.75, 3.05) is 33.3 Å². The van der Waals surface area contributed by atoms with Gasteiger partial charge in [-0.1, -0.05) is 18.2 Å². The van der Waals surface area contributed by atoms with E-state index in [4.69, 9.17) is 4.74 Å². The largest absolute Gasteiger partial charge is 0.494 e. The number of fused-ring (bicyclic) bond motifs is 1. The molecule has 0 saturated carbocycles. The number of benzene rings is 2. The summed E-state index contributed by atoms with van der Waals surface area (Å²) >= 11 is 0. The van der Waals surface area contributed by atoms with Crippen molar-refractivity contribution in [2.45, 2.75) is 13.0 Å². The minimum atomic E-state index is -0.356. The lowest BCUT2D eigenvalue weighted by molar-refractivity contribution is -0.917. The number of aromatic nitrogens is 2. The van der Waals surface area contributed by atoms with Gasteiger partial charge in [-0.05, 0) is 24.3 Å². The first-order valence-electron chi connectivity index (χ1n) is 10.3. The van der Waals surface area contributed by atoms with E-state index in [1.165, 1.54) is 22.8 Å². The molecule has 0 bridgehead atoms. The minimum Gasteiger partial charge on any atom is -0.494 e. The predicted octanol–water partition coefficient (Wildman–Crippen LogP) is 0.551. The summed E-state index contributed by atoms with van der Waals surface area (Å²) in [6, 6.07) is 12.3. The van der Waals surface area contributed by atoms with Gasteiger partial charge in [0.2, 0.25) is 5.91 Å². The van der Waals surface area contributed by atoms with E-state index in [2.05, 4.69) is 5.10 Å². The van der Waals surface area contributed by atoms with E-state index in [1.54, 1.807) is 19.2 Å². The van der Waals surface area contributed by atoms with Crippen LogP contribution in [0.1, 0.15) is 11.3 Å². The first-order chi connectivity index (χ1) is 15.0. The summed E-state index contributed by atoms with van der Waals surface area (Å²) in [5.41, 5.74) is 1.36.